The molecule has 3 saturated carbocycles. The number of fused-ring (bicyclic) bond motifs is 3. The molecule has 33 heavy (non-hydrogen) atoms. The number of nitrogens with one attached hydrogen (secondary N) is 3. The number of aromatic amines is 1. The Kier molecular flexibility index (Phi) is 5.16. The topological polar surface area (TPSA) is 86.9 Å². The van der Waals surface area contributed by atoms with Crippen LogP contribution in [0.4, 0.5) is 11.4 Å². The average Bonchev–Trinajstić information content (AvgIpc) is 3.63. The van der Waals surface area contributed by atoms with E-state index in [-0.39, 0.29) is 23.7 Å². The zero-order chi connectivity index (χ0) is 22.4. The van der Waals surface area contributed by atoms with Crippen LogP contribution in [0.25, 0.3) is 22.4 Å². The first kappa shape index (κ1) is 20.5. The molecule has 3 aromatic rings. The summed E-state index contributed by atoms with van der Waals surface area (Å²) in [5.74, 6) is 2.73. The first-order valence-electron chi connectivity index (χ1n) is 12.3. The van der Waals surface area contributed by atoms with Crippen molar-refractivity contribution >= 4 is 34.2 Å². The molecule has 1 heterocycles. The van der Waals surface area contributed by atoms with Gasteiger partial charge in [0, 0.05) is 28.8 Å². The van der Waals surface area contributed by atoms with Crippen molar-refractivity contribution in [1.82, 2.24) is 9.97 Å². The van der Waals surface area contributed by atoms with Crippen molar-refractivity contribution in [3.05, 3.63) is 42.5 Å². The molecule has 0 spiro atoms. The summed E-state index contributed by atoms with van der Waals surface area (Å²) in [5.41, 5.74) is 4.34. The van der Waals surface area contributed by atoms with E-state index in [1.54, 1.807) is 0 Å². The van der Waals surface area contributed by atoms with E-state index in [9.17, 15) is 9.59 Å². The molecule has 6 heteroatoms. The lowest BCUT2D eigenvalue weighted by Gasteiger charge is -2.20. The molecular weight excluding hydrogens is 412 g/mol. The van der Waals surface area contributed by atoms with Crippen LogP contribution in [-0.2, 0) is 9.59 Å². The molecule has 0 aliphatic heterocycles. The van der Waals surface area contributed by atoms with Gasteiger partial charge in [-0.25, -0.2) is 4.98 Å². The Hall–Kier alpha value is -3.15. The number of anilines is 2. The standard InChI is InChI=1S/C27H30N4O2/c32-26(18-3-1-2-4-18)29-21-11-12-23-24(15-21)31-25(30-23)17-7-9-20(10-8-17)28-27(33)22-14-16-5-6-19(22)13-16/h7-12,15-16,18-19,22H,1-6,13-14H2,(H,28,33)(H,29,32)(H,30,31). The van der Waals surface area contributed by atoms with Gasteiger partial charge in [0.05, 0.1) is 11.0 Å². The van der Waals surface area contributed by atoms with E-state index in [4.69, 9.17) is 4.98 Å². The number of amides is 2. The van der Waals surface area contributed by atoms with E-state index >= 15 is 0 Å². The van der Waals surface area contributed by atoms with Gasteiger partial charge in [-0.05, 0) is 86.4 Å². The number of hydrogen-bond acceptors (Lipinski definition) is 3. The highest BCUT2D eigenvalue weighted by atomic mass is 16.2. The third-order valence-electron chi connectivity index (χ3n) is 7.98. The van der Waals surface area contributed by atoms with Crippen molar-refractivity contribution in [2.75, 3.05) is 10.6 Å². The van der Waals surface area contributed by atoms with Crippen LogP contribution in [0.5, 0.6) is 0 Å². The van der Waals surface area contributed by atoms with E-state index < -0.39 is 0 Å². The maximum absolute atomic E-state index is 12.7. The number of carbonyl (C=O) groups is 2. The van der Waals surface area contributed by atoms with Crippen LogP contribution in [0.1, 0.15) is 51.4 Å². The minimum absolute atomic E-state index is 0.120. The molecule has 6 rings (SSSR count). The number of carbonyl (C=O) groups excluding carboxylic acids is 2. The summed E-state index contributed by atoms with van der Waals surface area (Å²) in [6, 6.07) is 13.6. The number of benzene rings is 2. The molecular formula is C27H30N4O2. The normalized spacial score (nSPS) is 24.4. The third kappa shape index (κ3) is 4.03. The second-order valence-electron chi connectivity index (χ2n) is 10.1. The van der Waals surface area contributed by atoms with Crippen LogP contribution in [0.3, 0.4) is 0 Å². The Morgan fingerprint density at radius 3 is 2.33 bits per heavy atom. The van der Waals surface area contributed by atoms with Crippen molar-refractivity contribution in [1.29, 1.82) is 0 Å². The number of hydrogen-bond donors (Lipinski definition) is 3. The molecule has 2 aromatic carbocycles. The summed E-state index contributed by atoms with van der Waals surface area (Å²) in [7, 11) is 0. The fourth-order valence-electron chi connectivity index (χ4n) is 6.17. The first-order valence-corrected chi connectivity index (χ1v) is 12.3. The van der Waals surface area contributed by atoms with E-state index in [2.05, 4.69) is 15.6 Å². The van der Waals surface area contributed by atoms with Gasteiger partial charge in [0.25, 0.3) is 0 Å². The maximum Gasteiger partial charge on any atom is 0.227 e. The van der Waals surface area contributed by atoms with Gasteiger partial charge in [-0.2, -0.15) is 0 Å². The monoisotopic (exact) mass is 442 g/mol. The quantitative estimate of drug-likeness (QED) is 0.471. The number of aromatic nitrogens is 2. The lowest BCUT2D eigenvalue weighted by Crippen LogP contribution is -2.27. The average molecular weight is 443 g/mol. The van der Waals surface area contributed by atoms with Crippen LogP contribution in [-0.4, -0.2) is 21.8 Å². The minimum atomic E-state index is 0.120. The molecule has 0 radical (unpaired) electrons. The van der Waals surface area contributed by atoms with Gasteiger partial charge < -0.3 is 15.6 Å². The third-order valence-corrected chi connectivity index (χ3v) is 7.98. The van der Waals surface area contributed by atoms with E-state index in [1.807, 2.05) is 42.5 Å². The Labute approximate surface area is 193 Å². The second kappa shape index (κ2) is 8.32. The molecule has 170 valence electrons. The van der Waals surface area contributed by atoms with Crippen LogP contribution < -0.4 is 10.6 Å². The highest BCUT2D eigenvalue weighted by Crippen LogP contribution is 2.48. The zero-order valence-corrected chi connectivity index (χ0v) is 18.8. The van der Waals surface area contributed by atoms with Gasteiger partial charge in [0.2, 0.25) is 11.8 Å². The molecule has 2 amide bonds. The fraction of sp³-hybridized carbons (Fsp3) is 0.444. The summed E-state index contributed by atoms with van der Waals surface area (Å²) >= 11 is 0. The van der Waals surface area contributed by atoms with Crippen LogP contribution in [0.2, 0.25) is 0 Å². The van der Waals surface area contributed by atoms with Crippen molar-refractivity contribution in [2.24, 2.45) is 23.7 Å². The predicted molar refractivity (Wildman–Crippen MR) is 130 cm³/mol. The molecule has 3 N–H and O–H groups in total. The van der Waals surface area contributed by atoms with Gasteiger partial charge in [0.15, 0.2) is 0 Å². The summed E-state index contributed by atoms with van der Waals surface area (Å²) in [4.78, 5) is 33.2. The first-order chi connectivity index (χ1) is 16.1. The van der Waals surface area contributed by atoms with Crippen molar-refractivity contribution < 1.29 is 9.59 Å². The maximum atomic E-state index is 12.7. The summed E-state index contributed by atoms with van der Waals surface area (Å²) < 4.78 is 0. The smallest absolute Gasteiger partial charge is 0.227 e. The zero-order valence-electron chi connectivity index (χ0n) is 18.8. The summed E-state index contributed by atoms with van der Waals surface area (Å²) in [6.07, 6.45) is 9.05. The van der Waals surface area contributed by atoms with E-state index in [0.29, 0.717) is 5.92 Å². The summed E-state index contributed by atoms with van der Waals surface area (Å²) in [5, 5.41) is 6.17. The van der Waals surface area contributed by atoms with Gasteiger partial charge in [-0.1, -0.05) is 19.3 Å². The highest BCUT2D eigenvalue weighted by Gasteiger charge is 2.43. The van der Waals surface area contributed by atoms with Crippen LogP contribution >= 0.6 is 0 Å². The molecule has 6 nitrogen and oxygen atoms in total. The lowest BCUT2D eigenvalue weighted by molar-refractivity contribution is -0.121. The Balaban J connectivity index is 1.14. The molecule has 3 atom stereocenters. The molecule has 2 bridgehead atoms. The molecule has 1 aromatic heterocycles. The minimum Gasteiger partial charge on any atom is -0.338 e. The Morgan fingerprint density at radius 2 is 1.61 bits per heavy atom. The number of nitrogens with zero attached hydrogens (tertiary/aromatic N) is 1. The summed E-state index contributed by atoms with van der Waals surface area (Å²) in [6.45, 7) is 0. The molecule has 3 unspecified atom stereocenters. The van der Waals surface area contributed by atoms with Gasteiger partial charge in [0.1, 0.15) is 5.82 Å². The number of H-pyrrole nitrogens is 1. The Bertz CT molecular complexity index is 1190. The fourth-order valence-corrected chi connectivity index (χ4v) is 6.17. The SMILES string of the molecule is O=C(Nc1ccc2nc(-c3ccc(NC(=O)C4CC5CCC4C5)cc3)[nH]c2c1)C1CCCC1. The van der Waals surface area contributed by atoms with Crippen molar-refractivity contribution in [3.8, 4) is 11.4 Å². The number of rotatable bonds is 5. The molecule has 3 aliphatic rings. The molecule has 0 saturated heterocycles. The largest absolute Gasteiger partial charge is 0.338 e. The van der Waals surface area contributed by atoms with E-state index in [1.165, 1.54) is 19.3 Å². The number of imidazole rings is 1. The van der Waals surface area contributed by atoms with E-state index in [0.717, 1.165) is 71.8 Å². The highest BCUT2D eigenvalue weighted by molar-refractivity contribution is 5.95. The molecule has 3 aliphatic carbocycles. The second-order valence-corrected chi connectivity index (χ2v) is 10.1. The van der Waals surface area contributed by atoms with Gasteiger partial charge >= 0.3 is 0 Å². The van der Waals surface area contributed by atoms with Crippen molar-refractivity contribution in [2.45, 2.75) is 51.4 Å². The molecule has 3 fully saturated rings. The van der Waals surface area contributed by atoms with Crippen molar-refractivity contribution in [3.63, 3.8) is 0 Å². The van der Waals surface area contributed by atoms with Gasteiger partial charge in [-0.3, -0.25) is 9.59 Å². The lowest BCUT2D eigenvalue weighted by atomic mass is 9.88. The van der Waals surface area contributed by atoms with Crippen LogP contribution in [0.15, 0.2) is 42.5 Å². The van der Waals surface area contributed by atoms with Gasteiger partial charge in [-0.15, -0.1) is 0 Å². The predicted octanol–water partition coefficient (Wildman–Crippen LogP) is 5.73. The van der Waals surface area contributed by atoms with Crippen LogP contribution in [0, 0.1) is 23.7 Å². The Morgan fingerprint density at radius 1 is 0.848 bits per heavy atom.